The summed E-state index contributed by atoms with van der Waals surface area (Å²) in [5.41, 5.74) is 13.2. The second-order valence-corrected chi connectivity index (χ2v) is 4.19. The quantitative estimate of drug-likeness (QED) is 0.840. The highest BCUT2D eigenvalue weighted by atomic mass is 16.1. The Labute approximate surface area is 105 Å². The lowest BCUT2D eigenvalue weighted by Crippen LogP contribution is -2.27. The molecule has 0 radical (unpaired) electrons. The molecule has 2 atom stereocenters. The number of aromatic nitrogens is 2. The standard InChI is InChI=1S/C13H16N4O/c1-9(13(15)18)17-8-16-7-11(17)12(14)10-5-3-2-4-6-10/h2-9,12H,14H2,1H3,(H2,15,18). The number of hydrogen-bond acceptors (Lipinski definition) is 3. The van der Waals surface area contributed by atoms with Gasteiger partial charge in [0, 0.05) is 0 Å². The van der Waals surface area contributed by atoms with Crippen LogP contribution in [0.4, 0.5) is 0 Å². The van der Waals surface area contributed by atoms with Crippen molar-refractivity contribution in [2.75, 3.05) is 0 Å². The number of nitrogens with two attached hydrogens (primary N) is 2. The predicted octanol–water partition coefficient (Wildman–Crippen LogP) is 0.977. The molecule has 5 nitrogen and oxygen atoms in total. The Morgan fingerprint density at radius 3 is 2.61 bits per heavy atom. The summed E-state index contributed by atoms with van der Waals surface area (Å²) in [7, 11) is 0. The van der Waals surface area contributed by atoms with Crippen LogP contribution in [0.15, 0.2) is 42.9 Å². The Hall–Kier alpha value is -2.14. The van der Waals surface area contributed by atoms with Crippen molar-refractivity contribution in [2.45, 2.75) is 19.0 Å². The molecule has 0 saturated heterocycles. The first-order valence-electron chi connectivity index (χ1n) is 5.73. The highest BCUT2D eigenvalue weighted by Gasteiger charge is 2.19. The van der Waals surface area contributed by atoms with E-state index in [-0.39, 0.29) is 6.04 Å². The number of amides is 1. The summed E-state index contributed by atoms with van der Waals surface area (Å²) in [4.78, 5) is 15.3. The van der Waals surface area contributed by atoms with Crippen molar-refractivity contribution in [3.8, 4) is 0 Å². The fourth-order valence-corrected chi connectivity index (χ4v) is 1.85. The lowest BCUT2D eigenvalue weighted by molar-refractivity contribution is -0.120. The first kappa shape index (κ1) is 12.3. The van der Waals surface area contributed by atoms with Crippen LogP contribution >= 0.6 is 0 Å². The topological polar surface area (TPSA) is 86.9 Å². The third kappa shape index (κ3) is 2.26. The average Bonchev–Trinajstić information content (AvgIpc) is 2.87. The zero-order valence-electron chi connectivity index (χ0n) is 10.2. The minimum Gasteiger partial charge on any atom is -0.368 e. The van der Waals surface area contributed by atoms with E-state index in [0.29, 0.717) is 0 Å². The number of imidazole rings is 1. The van der Waals surface area contributed by atoms with Crippen LogP contribution in [-0.4, -0.2) is 15.5 Å². The summed E-state index contributed by atoms with van der Waals surface area (Å²) in [5.74, 6) is -0.408. The van der Waals surface area contributed by atoms with Gasteiger partial charge in [0.1, 0.15) is 6.04 Å². The molecule has 2 rings (SSSR count). The van der Waals surface area contributed by atoms with Gasteiger partial charge in [-0.1, -0.05) is 30.3 Å². The largest absolute Gasteiger partial charge is 0.368 e. The van der Waals surface area contributed by atoms with Crippen LogP contribution in [0.2, 0.25) is 0 Å². The lowest BCUT2D eigenvalue weighted by atomic mass is 10.0. The molecular weight excluding hydrogens is 228 g/mol. The average molecular weight is 244 g/mol. The minimum atomic E-state index is -0.461. The highest BCUT2D eigenvalue weighted by molar-refractivity contribution is 5.78. The molecule has 0 aliphatic rings. The smallest absolute Gasteiger partial charge is 0.240 e. The summed E-state index contributed by atoms with van der Waals surface area (Å²) in [5, 5.41) is 0. The number of primary amides is 1. The van der Waals surface area contributed by atoms with E-state index in [1.165, 1.54) is 0 Å². The Morgan fingerprint density at radius 2 is 2.00 bits per heavy atom. The van der Waals surface area contributed by atoms with Crippen LogP contribution < -0.4 is 11.5 Å². The molecule has 2 unspecified atom stereocenters. The number of carbonyl (C=O) groups excluding carboxylic acids is 1. The highest BCUT2D eigenvalue weighted by Crippen LogP contribution is 2.21. The monoisotopic (exact) mass is 244 g/mol. The maximum Gasteiger partial charge on any atom is 0.240 e. The molecular formula is C13H16N4O. The zero-order valence-corrected chi connectivity index (χ0v) is 10.2. The molecule has 1 aromatic carbocycles. The molecule has 0 saturated carbocycles. The molecule has 2 aromatic rings. The van der Waals surface area contributed by atoms with Gasteiger partial charge >= 0.3 is 0 Å². The van der Waals surface area contributed by atoms with Crippen LogP contribution in [0.3, 0.4) is 0 Å². The number of hydrogen-bond donors (Lipinski definition) is 2. The SMILES string of the molecule is CC(C(N)=O)n1cncc1C(N)c1ccccc1. The maximum atomic E-state index is 11.2. The first-order valence-corrected chi connectivity index (χ1v) is 5.73. The molecule has 1 heterocycles. The van der Waals surface area contributed by atoms with Crippen molar-refractivity contribution in [2.24, 2.45) is 11.5 Å². The molecule has 4 N–H and O–H groups in total. The van der Waals surface area contributed by atoms with Crippen molar-refractivity contribution in [3.05, 3.63) is 54.1 Å². The molecule has 0 fully saturated rings. The molecule has 0 spiro atoms. The van der Waals surface area contributed by atoms with Gasteiger partial charge in [-0.15, -0.1) is 0 Å². The van der Waals surface area contributed by atoms with Crippen molar-refractivity contribution in [1.29, 1.82) is 0 Å². The second kappa shape index (κ2) is 5.01. The Balaban J connectivity index is 2.35. The molecule has 0 bridgehead atoms. The molecule has 5 heteroatoms. The summed E-state index contributed by atoms with van der Waals surface area (Å²) >= 11 is 0. The van der Waals surface area contributed by atoms with Gasteiger partial charge in [0.25, 0.3) is 0 Å². The summed E-state index contributed by atoms with van der Waals surface area (Å²) in [6.45, 7) is 1.73. The van der Waals surface area contributed by atoms with E-state index in [4.69, 9.17) is 11.5 Å². The van der Waals surface area contributed by atoms with Gasteiger partial charge in [-0.2, -0.15) is 0 Å². The van der Waals surface area contributed by atoms with Crippen molar-refractivity contribution >= 4 is 5.91 Å². The fraction of sp³-hybridized carbons (Fsp3) is 0.231. The van der Waals surface area contributed by atoms with Crippen LogP contribution in [0.1, 0.15) is 30.3 Å². The predicted molar refractivity (Wildman–Crippen MR) is 68.6 cm³/mol. The molecule has 1 aromatic heterocycles. The second-order valence-electron chi connectivity index (χ2n) is 4.19. The Morgan fingerprint density at radius 1 is 1.33 bits per heavy atom. The van der Waals surface area contributed by atoms with Gasteiger partial charge in [-0.05, 0) is 12.5 Å². The van der Waals surface area contributed by atoms with Crippen LogP contribution in [0.5, 0.6) is 0 Å². The van der Waals surface area contributed by atoms with Crippen molar-refractivity contribution < 1.29 is 4.79 Å². The number of nitrogens with zero attached hydrogens (tertiary/aromatic N) is 2. The van der Waals surface area contributed by atoms with E-state index in [9.17, 15) is 4.79 Å². The fourth-order valence-electron chi connectivity index (χ4n) is 1.85. The number of benzene rings is 1. The molecule has 0 aliphatic carbocycles. The van der Waals surface area contributed by atoms with Crippen molar-refractivity contribution in [1.82, 2.24) is 9.55 Å². The minimum absolute atomic E-state index is 0.324. The number of carbonyl (C=O) groups is 1. The third-order valence-corrected chi connectivity index (χ3v) is 3.00. The lowest BCUT2D eigenvalue weighted by Gasteiger charge is -2.18. The third-order valence-electron chi connectivity index (χ3n) is 3.00. The maximum absolute atomic E-state index is 11.2. The van der Waals surface area contributed by atoms with E-state index in [0.717, 1.165) is 11.3 Å². The Bertz CT molecular complexity index is 535. The molecule has 0 aliphatic heterocycles. The van der Waals surface area contributed by atoms with E-state index >= 15 is 0 Å². The summed E-state index contributed by atoms with van der Waals surface area (Å²) in [6.07, 6.45) is 3.24. The molecule has 1 amide bonds. The van der Waals surface area contributed by atoms with Crippen LogP contribution in [0, 0.1) is 0 Å². The van der Waals surface area contributed by atoms with Gasteiger partial charge in [-0.3, -0.25) is 4.79 Å². The summed E-state index contributed by atoms with van der Waals surface area (Å²) in [6, 6.07) is 8.88. The van der Waals surface area contributed by atoms with E-state index in [1.807, 2.05) is 30.3 Å². The van der Waals surface area contributed by atoms with E-state index in [1.54, 1.807) is 24.0 Å². The molecule has 18 heavy (non-hydrogen) atoms. The zero-order chi connectivity index (χ0) is 13.1. The number of rotatable bonds is 4. The van der Waals surface area contributed by atoms with Crippen LogP contribution in [0.25, 0.3) is 0 Å². The van der Waals surface area contributed by atoms with E-state index < -0.39 is 11.9 Å². The van der Waals surface area contributed by atoms with Crippen molar-refractivity contribution in [3.63, 3.8) is 0 Å². The first-order chi connectivity index (χ1) is 8.61. The van der Waals surface area contributed by atoms with Gasteiger partial charge in [0.05, 0.1) is 24.3 Å². The molecule has 94 valence electrons. The normalized spacial score (nSPS) is 14.1. The van der Waals surface area contributed by atoms with Gasteiger partial charge < -0.3 is 16.0 Å². The van der Waals surface area contributed by atoms with Gasteiger partial charge in [0.2, 0.25) is 5.91 Å². The van der Waals surface area contributed by atoms with Gasteiger partial charge in [0.15, 0.2) is 0 Å². The van der Waals surface area contributed by atoms with Gasteiger partial charge in [-0.25, -0.2) is 4.98 Å². The van der Waals surface area contributed by atoms with Crippen LogP contribution in [-0.2, 0) is 4.79 Å². The Kier molecular flexibility index (Phi) is 3.43. The van der Waals surface area contributed by atoms with E-state index in [2.05, 4.69) is 4.98 Å². The summed E-state index contributed by atoms with van der Waals surface area (Å²) < 4.78 is 1.71.